The molecule has 1 saturated heterocycles. The van der Waals surface area contributed by atoms with E-state index in [1.54, 1.807) is 0 Å². The van der Waals surface area contributed by atoms with Crippen LogP contribution in [0.1, 0.15) is 25.5 Å². The van der Waals surface area contributed by atoms with E-state index in [-0.39, 0.29) is 0 Å². The maximum atomic E-state index is 13.1. The molecule has 5 heteroatoms. The average molecular weight is 287 g/mol. The van der Waals surface area contributed by atoms with Crippen molar-refractivity contribution in [2.24, 2.45) is 0 Å². The van der Waals surface area contributed by atoms with E-state index in [0.29, 0.717) is 22.6 Å². The van der Waals surface area contributed by atoms with Gasteiger partial charge in [-0.2, -0.15) is 11.8 Å². The molecule has 19 heavy (non-hydrogen) atoms. The van der Waals surface area contributed by atoms with Gasteiger partial charge in [0.05, 0.1) is 6.10 Å². The van der Waals surface area contributed by atoms with Gasteiger partial charge in [-0.15, -0.1) is 0 Å². The first kappa shape index (κ1) is 14.8. The highest BCUT2D eigenvalue weighted by Gasteiger charge is 2.24. The summed E-state index contributed by atoms with van der Waals surface area (Å²) in [6.07, 6.45) is -0.780. The van der Waals surface area contributed by atoms with Crippen molar-refractivity contribution in [3.05, 3.63) is 35.4 Å². The summed E-state index contributed by atoms with van der Waals surface area (Å²) in [6, 6.07) is 3.57. The second kappa shape index (κ2) is 6.20. The largest absolute Gasteiger partial charge is 0.387 e. The first-order chi connectivity index (χ1) is 8.95. The molecule has 3 atom stereocenters. The molecule has 106 valence electrons. The summed E-state index contributed by atoms with van der Waals surface area (Å²) in [4.78, 5) is 2.18. The third-order valence-electron chi connectivity index (χ3n) is 3.25. The van der Waals surface area contributed by atoms with Crippen LogP contribution >= 0.6 is 11.8 Å². The standard InChI is InChI=1S/C14H19F2NOS/c1-9-6-17(7-10(2)19-9)8-14(18)11-3-4-12(15)13(16)5-11/h3-5,9-10,14,18H,6-8H2,1-2H3. The number of halogens is 2. The minimum absolute atomic E-state index is 0.428. The Morgan fingerprint density at radius 3 is 2.47 bits per heavy atom. The highest BCUT2D eigenvalue weighted by atomic mass is 32.2. The fraction of sp³-hybridized carbons (Fsp3) is 0.571. The van der Waals surface area contributed by atoms with Crippen LogP contribution in [0, 0.1) is 11.6 Å². The fourth-order valence-electron chi connectivity index (χ4n) is 2.50. The van der Waals surface area contributed by atoms with Crippen LogP contribution in [0.4, 0.5) is 8.78 Å². The van der Waals surface area contributed by atoms with E-state index in [1.165, 1.54) is 6.07 Å². The Kier molecular flexibility index (Phi) is 4.81. The minimum Gasteiger partial charge on any atom is -0.387 e. The SMILES string of the molecule is CC1CN(CC(O)c2ccc(F)c(F)c2)CC(C)S1. The summed E-state index contributed by atoms with van der Waals surface area (Å²) < 4.78 is 26.0. The van der Waals surface area contributed by atoms with Gasteiger partial charge in [0, 0.05) is 30.1 Å². The number of hydrogen-bond acceptors (Lipinski definition) is 3. The van der Waals surface area contributed by atoms with Gasteiger partial charge >= 0.3 is 0 Å². The summed E-state index contributed by atoms with van der Waals surface area (Å²) in [7, 11) is 0. The molecule has 1 aliphatic rings. The molecule has 1 aliphatic heterocycles. The van der Waals surface area contributed by atoms with Crippen LogP contribution < -0.4 is 0 Å². The molecule has 2 rings (SSSR count). The Morgan fingerprint density at radius 1 is 1.26 bits per heavy atom. The highest BCUT2D eigenvalue weighted by Crippen LogP contribution is 2.26. The van der Waals surface area contributed by atoms with Crippen molar-refractivity contribution in [3.8, 4) is 0 Å². The van der Waals surface area contributed by atoms with E-state index < -0.39 is 17.7 Å². The van der Waals surface area contributed by atoms with Gasteiger partial charge in [-0.3, -0.25) is 4.90 Å². The quantitative estimate of drug-likeness (QED) is 0.925. The Morgan fingerprint density at radius 2 is 1.89 bits per heavy atom. The lowest BCUT2D eigenvalue weighted by atomic mass is 10.1. The van der Waals surface area contributed by atoms with Gasteiger partial charge in [-0.25, -0.2) is 8.78 Å². The Labute approximate surface area is 116 Å². The molecule has 0 aromatic heterocycles. The van der Waals surface area contributed by atoms with Crippen LogP contribution in [-0.4, -0.2) is 40.1 Å². The Bertz CT molecular complexity index is 433. The lowest BCUT2D eigenvalue weighted by Crippen LogP contribution is -2.42. The maximum Gasteiger partial charge on any atom is 0.159 e. The molecule has 1 aromatic carbocycles. The van der Waals surface area contributed by atoms with Crippen molar-refractivity contribution in [1.82, 2.24) is 4.90 Å². The van der Waals surface area contributed by atoms with Gasteiger partial charge in [0.15, 0.2) is 11.6 Å². The van der Waals surface area contributed by atoms with E-state index in [0.717, 1.165) is 25.2 Å². The molecular weight excluding hydrogens is 268 g/mol. The zero-order valence-corrected chi connectivity index (χ0v) is 12.0. The predicted molar refractivity (Wildman–Crippen MR) is 74.3 cm³/mol. The van der Waals surface area contributed by atoms with Crippen LogP contribution in [0.3, 0.4) is 0 Å². The maximum absolute atomic E-state index is 13.1. The van der Waals surface area contributed by atoms with Crippen molar-refractivity contribution in [1.29, 1.82) is 0 Å². The first-order valence-corrected chi connectivity index (χ1v) is 7.41. The smallest absolute Gasteiger partial charge is 0.159 e. The number of hydrogen-bond donors (Lipinski definition) is 1. The van der Waals surface area contributed by atoms with Crippen molar-refractivity contribution in [2.75, 3.05) is 19.6 Å². The molecule has 0 aliphatic carbocycles. The normalized spacial score (nSPS) is 26.4. The summed E-state index contributed by atoms with van der Waals surface area (Å²) in [5, 5.41) is 11.2. The van der Waals surface area contributed by atoms with E-state index in [2.05, 4.69) is 18.7 Å². The molecule has 0 radical (unpaired) electrons. The minimum atomic E-state index is -0.910. The van der Waals surface area contributed by atoms with Gasteiger partial charge in [-0.05, 0) is 17.7 Å². The molecule has 0 saturated carbocycles. The number of thioether (sulfide) groups is 1. The van der Waals surface area contributed by atoms with E-state index >= 15 is 0 Å². The molecule has 3 unspecified atom stereocenters. The van der Waals surface area contributed by atoms with E-state index in [9.17, 15) is 13.9 Å². The second-order valence-electron chi connectivity index (χ2n) is 5.17. The van der Waals surface area contributed by atoms with Crippen LogP contribution in [0.5, 0.6) is 0 Å². The van der Waals surface area contributed by atoms with Crippen molar-refractivity contribution < 1.29 is 13.9 Å². The van der Waals surface area contributed by atoms with E-state index in [1.807, 2.05) is 11.8 Å². The van der Waals surface area contributed by atoms with Gasteiger partial charge in [-0.1, -0.05) is 19.9 Å². The third kappa shape index (κ3) is 3.91. The molecule has 0 spiro atoms. The van der Waals surface area contributed by atoms with Crippen molar-refractivity contribution in [3.63, 3.8) is 0 Å². The van der Waals surface area contributed by atoms with Gasteiger partial charge in [0.1, 0.15) is 0 Å². The third-order valence-corrected chi connectivity index (χ3v) is 4.48. The molecular formula is C14H19F2NOS. The van der Waals surface area contributed by atoms with Gasteiger partial charge in [0.25, 0.3) is 0 Å². The number of aliphatic hydroxyl groups excluding tert-OH is 1. The van der Waals surface area contributed by atoms with Crippen LogP contribution in [0.15, 0.2) is 18.2 Å². The number of β-amino-alcohol motifs (C(OH)–C–C–N with tert-alkyl or cyclic N) is 1. The number of nitrogens with zero attached hydrogens (tertiary/aromatic N) is 1. The van der Waals surface area contributed by atoms with Crippen molar-refractivity contribution in [2.45, 2.75) is 30.5 Å². The number of rotatable bonds is 3. The summed E-state index contributed by atoms with van der Waals surface area (Å²) >= 11 is 1.94. The monoisotopic (exact) mass is 287 g/mol. The Hall–Kier alpha value is -0.650. The topological polar surface area (TPSA) is 23.5 Å². The van der Waals surface area contributed by atoms with Crippen LogP contribution in [0.2, 0.25) is 0 Å². The number of aliphatic hydroxyl groups is 1. The summed E-state index contributed by atoms with van der Waals surface area (Å²) in [6.45, 7) is 6.61. The summed E-state index contributed by atoms with van der Waals surface area (Å²) in [5.41, 5.74) is 0.428. The number of benzene rings is 1. The van der Waals surface area contributed by atoms with Gasteiger partial charge in [0.2, 0.25) is 0 Å². The molecule has 0 bridgehead atoms. The lowest BCUT2D eigenvalue weighted by molar-refractivity contribution is 0.112. The molecule has 1 heterocycles. The second-order valence-corrected chi connectivity index (χ2v) is 7.05. The van der Waals surface area contributed by atoms with E-state index in [4.69, 9.17) is 0 Å². The average Bonchev–Trinajstić information content (AvgIpc) is 2.31. The molecule has 2 nitrogen and oxygen atoms in total. The summed E-state index contributed by atoms with van der Waals surface area (Å²) in [5.74, 6) is -1.79. The molecule has 1 fully saturated rings. The van der Waals surface area contributed by atoms with Crippen LogP contribution in [-0.2, 0) is 0 Å². The fourth-order valence-corrected chi connectivity index (χ4v) is 3.89. The van der Waals surface area contributed by atoms with Crippen LogP contribution in [0.25, 0.3) is 0 Å². The molecule has 1 aromatic rings. The lowest BCUT2D eigenvalue weighted by Gasteiger charge is -2.35. The van der Waals surface area contributed by atoms with Crippen molar-refractivity contribution >= 4 is 11.8 Å². The molecule has 0 amide bonds. The highest BCUT2D eigenvalue weighted by molar-refractivity contribution is 8.00. The van der Waals surface area contributed by atoms with Gasteiger partial charge < -0.3 is 5.11 Å². The Balaban J connectivity index is 2.00. The zero-order valence-electron chi connectivity index (χ0n) is 11.1. The molecule has 1 N–H and O–H groups in total. The predicted octanol–water partition coefficient (Wildman–Crippen LogP) is 2.82. The zero-order chi connectivity index (χ0) is 14.0. The first-order valence-electron chi connectivity index (χ1n) is 6.46.